The van der Waals surface area contributed by atoms with Gasteiger partial charge in [0, 0.05) is 5.38 Å². The number of methoxy groups -OCH3 is 1. The number of esters is 1. The molecule has 2 rings (SSSR count). The maximum absolute atomic E-state index is 11.8. The van der Waals surface area contributed by atoms with Crippen LogP contribution in [0.25, 0.3) is 0 Å². The van der Waals surface area contributed by atoms with Gasteiger partial charge in [-0.25, -0.2) is 4.98 Å². The quantitative estimate of drug-likeness (QED) is 0.826. The van der Waals surface area contributed by atoms with Crippen molar-refractivity contribution >= 4 is 28.9 Å². The molecule has 116 valence electrons. The summed E-state index contributed by atoms with van der Waals surface area (Å²) < 4.78 is 10.1. The average molecular weight is 320 g/mol. The number of para-hydroxylation sites is 2. The lowest BCUT2D eigenvalue weighted by atomic mass is 10.3. The van der Waals surface area contributed by atoms with Gasteiger partial charge >= 0.3 is 5.97 Å². The molecule has 22 heavy (non-hydrogen) atoms. The molecule has 7 heteroatoms. The number of hydrogen-bond acceptors (Lipinski definition) is 6. The highest BCUT2D eigenvalue weighted by atomic mass is 32.1. The van der Waals surface area contributed by atoms with Gasteiger partial charge in [0.25, 0.3) is 5.91 Å². The van der Waals surface area contributed by atoms with Gasteiger partial charge in [-0.05, 0) is 19.1 Å². The number of carbonyl (C=O) groups is 2. The number of anilines is 1. The molecule has 6 nitrogen and oxygen atoms in total. The third kappa shape index (κ3) is 4.56. The number of aryl methyl sites for hydroxylation is 1. The third-order valence-electron chi connectivity index (χ3n) is 2.74. The summed E-state index contributed by atoms with van der Waals surface area (Å²) in [5, 5.41) is 5.31. The number of nitrogens with one attached hydrogen (secondary N) is 1. The molecular weight excluding hydrogens is 304 g/mol. The van der Waals surface area contributed by atoms with E-state index in [1.54, 1.807) is 29.6 Å². The van der Waals surface area contributed by atoms with Crippen molar-refractivity contribution in [1.29, 1.82) is 0 Å². The summed E-state index contributed by atoms with van der Waals surface area (Å²) in [5.74, 6) is -0.368. The standard InChI is InChI=1S/C15H16N2O4S/c1-10-16-11(9-22-10)7-15(19)21-8-14(18)17-12-5-3-4-6-13(12)20-2/h3-6,9H,7-8H2,1-2H3,(H,17,18). The van der Waals surface area contributed by atoms with E-state index < -0.39 is 11.9 Å². The van der Waals surface area contributed by atoms with Crippen LogP contribution in [0.5, 0.6) is 5.75 Å². The Morgan fingerprint density at radius 3 is 2.77 bits per heavy atom. The first kappa shape index (κ1) is 16.0. The van der Waals surface area contributed by atoms with Crippen LogP contribution in [0.1, 0.15) is 10.7 Å². The van der Waals surface area contributed by atoms with Crippen LogP contribution in [0.15, 0.2) is 29.6 Å². The van der Waals surface area contributed by atoms with Crippen LogP contribution in [-0.4, -0.2) is 30.6 Å². The molecule has 1 N–H and O–H groups in total. The molecule has 0 aliphatic rings. The average Bonchev–Trinajstić information content (AvgIpc) is 2.91. The number of amides is 1. The predicted molar refractivity (Wildman–Crippen MR) is 83.1 cm³/mol. The van der Waals surface area contributed by atoms with Crippen molar-refractivity contribution in [1.82, 2.24) is 4.98 Å². The fraction of sp³-hybridized carbons (Fsp3) is 0.267. The van der Waals surface area contributed by atoms with Gasteiger partial charge in [0.1, 0.15) is 5.75 Å². The zero-order valence-corrected chi connectivity index (χ0v) is 13.1. The number of rotatable bonds is 6. The van der Waals surface area contributed by atoms with Gasteiger partial charge in [0.05, 0.1) is 29.9 Å². The zero-order valence-electron chi connectivity index (χ0n) is 12.3. The molecule has 0 spiro atoms. The van der Waals surface area contributed by atoms with E-state index in [2.05, 4.69) is 10.3 Å². The minimum Gasteiger partial charge on any atom is -0.495 e. The summed E-state index contributed by atoms with van der Waals surface area (Å²) in [6, 6.07) is 7.00. The summed E-state index contributed by atoms with van der Waals surface area (Å²) in [5.41, 5.74) is 1.18. The molecule has 1 aromatic carbocycles. The highest BCUT2D eigenvalue weighted by Crippen LogP contribution is 2.22. The Kier molecular flexibility index (Phi) is 5.48. The van der Waals surface area contributed by atoms with Gasteiger partial charge in [0.15, 0.2) is 6.61 Å². The van der Waals surface area contributed by atoms with E-state index in [1.165, 1.54) is 18.4 Å². The van der Waals surface area contributed by atoms with Gasteiger partial charge < -0.3 is 14.8 Å². The van der Waals surface area contributed by atoms with Crippen LogP contribution in [0.4, 0.5) is 5.69 Å². The maximum Gasteiger partial charge on any atom is 0.312 e. The molecule has 0 atom stereocenters. The summed E-state index contributed by atoms with van der Waals surface area (Å²) >= 11 is 1.46. The van der Waals surface area contributed by atoms with Gasteiger partial charge in [-0.15, -0.1) is 11.3 Å². The van der Waals surface area contributed by atoms with E-state index in [0.717, 1.165) is 5.01 Å². The Balaban J connectivity index is 1.81. The normalized spacial score (nSPS) is 10.1. The zero-order chi connectivity index (χ0) is 15.9. The molecule has 1 amide bonds. The van der Waals surface area contributed by atoms with Crippen molar-refractivity contribution in [2.75, 3.05) is 19.0 Å². The van der Waals surface area contributed by atoms with Crippen LogP contribution in [0.3, 0.4) is 0 Å². The smallest absolute Gasteiger partial charge is 0.312 e. The van der Waals surface area contributed by atoms with Crippen molar-refractivity contribution in [3.8, 4) is 5.75 Å². The lowest BCUT2D eigenvalue weighted by Crippen LogP contribution is -2.22. The molecule has 1 aromatic heterocycles. The highest BCUT2D eigenvalue weighted by Gasteiger charge is 2.12. The van der Waals surface area contributed by atoms with Gasteiger partial charge in [0.2, 0.25) is 0 Å². The summed E-state index contributed by atoms with van der Waals surface area (Å²) in [4.78, 5) is 27.6. The maximum atomic E-state index is 11.8. The van der Waals surface area contributed by atoms with Crippen molar-refractivity contribution in [2.45, 2.75) is 13.3 Å². The Bertz CT molecular complexity index is 669. The highest BCUT2D eigenvalue weighted by molar-refractivity contribution is 7.09. The van der Waals surface area contributed by atoms with Gasteiger partial charge in [-0.3, -0.25) is 9.59 Å². The molecule has 0 aliphatic heterocycles. The first-order valence-corrected chi connectivity index (χ1v) is 7.46. The van der Waals surface area contributed by atoms with Crippen molar-refractivity contribution < 1.29 is 19.1 Å². The fourth-order valence-electron chi connectivity index (χ4n) is 1.77. The monoisotopic (exact) mass is 320 g/mol. The minimum atomic E-state index is -0.486. The number of thiazole rings is 1. The van der Waals surface area contributed by atoms with Crippen molar-refractivity contribution in [3.63, 3.8) is 0 Å². The van der Waals surface area contributed by atoms with Crippen LogP contribution >= 0.6 is 11.3 Å². The van der Waals surface area contributed by atoms with E-state index in [9.17, 15) is 9.59 Å². The minimum absolute atomic E-state index is 0.0618. The van der Waals surface area contributed by atoms with E-state index in [-0.39, 0.29) is 13.0 Å². The molecule has 0 bridgehead atoms. The first-order valence-electron chi connectivity index (χ1n) is 6.58. The molecule has 2 aromatic rings. The van der Waals surface area contributed by atoms with Crippen LogP contribution < -0.4 is 10.1 Å². The number of carbonyl (C=O) groups excluding carboxylic acids is 2. The van der Waals surface area contributed by atoms with Crippen molar-refractivity contribution in [2.24, 2.45) is 0 Å². The molecule has 0 saturated carbocycles. The molecule has 0 unspecified atom stereocenters. The molecule has 0 fully saturated rings. The molecule has 1 heterocycles. The van der Waals surface area contributed by atoms with Gasteiger partial charge in [-0.1, -0.05) is 12.1 Å². The van der Waals surface area contributed by atoms with Crippen LogP contribution in [-0.2, 0) is 20.7 Å². The predicted octanol–water partition coefficient (Wildman–Crippen LogP) is 2.18. The lowest BCUT2D eigenvalue weighted by molar-refractivity contribution is -0.146. The summed E-state index contributed by atoms with van der Waals surface area (Å²) in [6.07, 6.45) is 0.0618. The summed E-state index contributed by atoms with van der Waals surface area (Å²) in [7, 11) is 1.51. The molecule has 0 aliphatic carbocycles. The van der Waals surface area contributed by atoms with E-state index >= 15 is 0 Å². The summed E-state index contributed by atoms with van der Waals surface area (Å²) in [6.45, 7) is 1.51. The first-order chi connectivity index (χ1) is 10.6. The Labute approximate surface area is 132 Å². The van der Waals surface area contributed by atoms with E-state index in [4.69, 9.17) is 9.47 Å². The van der Waals surface area contributed by atoms with Crippen molar-refractivity contribution in [3.05, 3.63) is 40.3 Å². The number of nitrogens with zero attached hydrogens (tertiary/aromatic N) is 1. The molecule has 0 radical (unpaired) electrons. The fourth-order valence-corrected chi connectivity index (χ4v) is 2.38. The van der Waals surface area contributed by atoms with Gasteiger partial charge in [-0.2, -0.15) is 0 Å². The second-order valence-corrected chi connectivity index (χ2v) is 5.51. The second kappa shape index (κ2) is 7.56. The Morgan fingerprint density at radius 2 is 2.09 bits per heavy atom. The SMILES string of the molecule is COc1ccccc1NC(=O)COC(=O)Cc1csc(C)n1. The Morgan fingerprint density at radius 1 is 1.32 bits per heavy atom. The number of aromatic nitrogens is 1. The largest absolute Gasteiger partial charge is 0.495 e. The Hall–Kier alpha value is -2.41. The van der Waals surface area contributed by atoms with E-state index in [0.29, 0.717) is 17.1 Å². The lowest BCUT2D eigenvalue weighted by Gasteiger charge is -2.09. The van der Waals surface area contributed by atoms with Crippen LogP contribution in [0.2, 0.25) is 0 Å². The van der Waals surface area contributed by atoms with Crippen LogP contribution in [0, 0.1) is 6.92 Å². The van der Waals surface area contributed by atoms with E-state index in [1.807, 2.05) is 6.92 Å². The number of hydrogen-bond donors (Lipinski definition) is 1. The third-order valence-corrected chi connectivity index (χ3v) is 3.56. The number of benzene rings is 1. The molecular formula is C15H16N2O4S. The second-order valence-electron chi connectivity index (χ2n) is 4.44. The molecule has 0 saturated heterocycles. The number of ether oxygens (including phenoxy) is 2. The topological polar surface area (TPSA) is 77.5 Å².